The highest BCUT2D eigenvalue weighted by atomic mass is 32.2. The highest BCUT2D eigenvalue weighted by Gasteiger charge is 2.48. The molecule has 0 aliphatic carbocycles. The zero-order valence-corrected chi connectivity index (χ0v) is 8.84. The molecule has 13 heavy (non-hydrogen) atoms. The second kappa shape index (κ2) is 3.51. The van der Waals surface area contributed by atoms with Gasteiger partial charge in [-0.1, -0.05) is 0 Å². The first-order valence-electron chi connectivity index (χ1n) is 4.17. The molecule has 1 aliphatic rings. The lowest BCUT2D eigenvalue weighted by molar-refractivity contribution is -0.142. The van der Waals surface area contributed by atoms with Crippen LogP contribution in [0.5, 0.6) is 0 Å². The number of carbonyl (C=O) groups is 1. The van der Waals surface area contributed by atoms with E-state index in [0.717, 1.165) is 0 Å². The molecule has 0 aromatic rings. The van der Waals surface area contributed by atoms with Crippen LogP contribution in [0.2, 0.25) is 6.82 Å². The maximum Gasteiger partial charge on any atom is 0.377 e. The van der Waals surface area contributed by atoms with E-state index in [1.54, 1.807) is 23.4 Å². The van der Waals surface area contributed by atoms with Crippen LogP contribution < -0.4 is 0 Å². The molecule has 0 amide bonds. The van der Waals surface area contributed by atoms with Crippen molar-refractivity contribution in [3.8, 4) is 0 Å². The zero-order valence-electron chi connectivity index (χ0n) is 8.02. The molecule has 1 rings (SSSR count). The number of rotatable bonds is 2. The maximum atomic E-state index is 11.0. The van der Waals surface area contributed by atoms with Gasteiger partial charge >= 0.3 is 13.0 Å². The molecule has 1 fully saturated rings. The summed E-state index contributed by atoms with van der Waals surface area (Å²) >= 11 is 1.56. The molecule has 74 valence electrons. The average molecular weight is 203 g/mol. The predicted molar refractivity (Wildman–Crippen MR) is 53.6 cm³/mol. The molecule has 0 unspecified atom stereocenters. The van der Waals surface area contributed by atoms with E-state index in [1.165, 1.54) is 0 Å². The monoisotopic (exact) mass is 203 g/mol. The molecule has 2 N–H and O–H groups in total. The topological polar surface area (TPSA) is 60.8 Å². The van der Waals surface area contributed by atoms with Gasteiger partial charge in [0.2, 0.25) is 0 Å². The normalized spacial score (nSPS) is 27.5. The smallest absolute Gasteiger partial charge is 0.377 e. The second-order valence-corrected chi connectivity index (χ2v) is 5.36. The van der Waals surface area contributed by atoms with Gasteiger partial charge in [-0.3, -0.25) is 9.61 Å². The molecule has 1 heterocycles. The number of hydrogen-bond donors (Lipinski definition) is 2. The summed E-state index contributed by atoms with van der Waals surface area (Å²) in [6.07, 6.45) is 0. The number of carboxylic acid groups (broad SMARTS) is 1. The Hall–Kier alpha value is -0.195. The molecule has 6 heteroatoms. The summed E-state index contributed by atoms with van der Waals surface area (Å²) < 4.78 is -0.331. The lowest BCUT2D eigenvalue weighted by Gasteiger charge is -2.28. The highest BCUT2D eigenvalue weighted by Crippen LogP contribution is 2.39. The fourth-order valence-corrected chi connectivity index (χ4v) is 2.80. The van der Waals surface area contributed by atoms with Gasteiger partial charge in [0.1, 0.15) is 6.04 Å². The van der Waals surface area contributed by atoms with Crippen molar-refractivity contribution >= 4 is 24.8 Å². The molecule has 0 spiro atoms. The fraction of sp³-hybridized carbons (Fsp3) is 0.857. The van der Waals surface area contributed by atoms with Gasteiger partial charge in [-0.05, 0) is 20.7 Å². The molecular formula is C7H14BNO3S. The summed E-state index contributed by atoms with van der Waals surface area (Å²) in [7, 11) is -0.699. The minimum atomic E-state index is -0.865. The van der Waals surface area contributed by atoms with Gasteiger partial charge < -0.3 is 10.1 Å². The van der Waals surface area contributed by atoms with E-state index in [-0.39, 0.29) is 4.75 Å². The number of aliphatic carboxylic acids is 1. The van der Waals surface area contributed by atoms with Crippen molar-refractivity contribution in [2.45, 2.75) is 31.5 Å². The van der Waals surface area contributed by atoms with Gasteiger partial charge in [0.15, 0.2) is 0 Å². The Balaban J connectivity index is 2.86. The molecule has 4 nitrogen and oxygen atoms in total. The van der Waals surface area contributed by atoms with Crippen LogP contribution in [-0.2, 0) is 4.79 Å². The Labute approximate surface area is 82.4 Å². The van der Waals surface area contributed by atoms with Crippen LogP contribution >= 0.6 is 11.8 Å². The predicted octanol–water partition coefficient (Wildman–Crippen LogP) is 0.335. The third kappa shape index (κ3) is 2.00. The number of nitrogens with zero attached hydrogens (tertiary/aromatic N) is 1. The summed E-state index contributed by atoms with van der Waals surface area (Å²) in [5.41, 5.74) is 0. The van der Waals surface area contributed by atoms with Gasteiger partial charge in [-0.15, -0.1) is 11.8 Å². The molecule has 1 saturated heterocycles. The van der Waals surface area contributed by atoms with E-state index >= 15 is 0 Å². The third-order valence-corrected chi connectivity index (χ3v) is 3.68. The standard InChI is InChI=1S/C7H14BNO3S/c1-7(2)5(6(10)11)9(4-13-7)8(3)12/h5,12H,4H2,1-3H3,(H,10,11)/t5-/m1/s1. The van der Waals surface area contributed by atoms with Crippen molar-refractivity contribution < 1.29 is 14.9 Å². The van der Waals surface area contributed by atoms with E-state index in [4.69, 9.17) is 5.11 Å². The van der Waals surface area contributed by atoms with Crippen LogP contribution in [0.4, 0.5) is 0 Å². The molecule has 0 bridgehead atoms. The second-order valence-electron chi connectivity index (χ2n) is 3.76. The van der Waals surface area contributed by atoms with E-state index in [1.807, 2.05) is 13.8 Å². The van der Waals surface area contributed by atoms with Gasteiger partial charge in [0, 0.05) is 10.6 Å². The van der Waals surface area contributed by atoms with Crippen molar-refractivity contribution in [1.82, 2.24) is 4.81 Å². The Bertz CT molecular complexity index is 222. The molecule has 0 radical (unpaired) electrons. The lowest BCUT2D eigenvalue weighted by Crippen LogP contribution is -2.51. The first-order valence-corrected chi connectivity index (χ1v) is 5.15. The minimum Gasteiger partial charge on any atom is -0.480 e. The van der Waals surface area contributed by atoms with Crippen LogP contribution in [0.1, 0.15) is 13.8 Å². The Morgan fingerprint density at radius 2 is 2.23 bits per heavy atom. The first kappa shape index (κ1) is 10.9. The van der Waals surface area contributed by atoms with Gasteiger partial charge in [0.25, 0.3) is 0 Å². The van der Waals surface area contributed by atoms with E-state index < -0.39 is 19.1 Å². The fourth-order valence-electron chi connectivity index (χ4n) is 1.56. The van der Waals surface area contributed by atoms with Gasteiger partial charge in [-0.25, -0.2) is 0 Å². The molecule has 0 aromatic carbocycles. The minimum absolute atomic E-state index is 0.331. The van der Waals surface area contributed by atoms with Gasteiger partial charge in [-0.2, -0.15) is 0 Å². The van der Waals surface area contributed by atoms with Crippen molar-refractivity contribution in [1.29, 1.82) is 0 Å². The molecule has 0 saturated carbocycles. The van der Waals surface area contributed by atoms with Crippen LogP contribution in [0.15, 0.2) is 0 Å². The molecule has 1 atom stereocenters. The molecule has 0 aromatic heterocycles. The van der Waals surface area contributed by atoms with Crippen LogP contribution in [0, 0.1) is 0 Å². The Morgan fingerprint density at radius 3 is 2.54 bits per heavy atom. The molecule has 1 aliphatic heterocycles. The summed E-state index contributed by atoms with van der Waals surface area (Å²) in [6.45, 7) is 5.37. The summed E-state index contributed by atoms with van der Waals surface area (Å²) in [4.78, 5) is 12.6. The lowest BCUT2D eigenvalue weighted by atomic mass is 9.82. The summed E-state index contributed by atoms with van der Waals surface area (Å²) in [5, 5.41) is 18.4. The summed E-state index contributed by atoms with van der Waals surface area (Å²) in [6, 6.07) is -0.600. The first-order chi connectivity index (χ1) is 5.86. The average Bonchev–Trinajstić information content (AvgIpc) is 2.24. The number of thioether (sulfide) groups is 1. The maximum absolute atomic E-state index is 11.0. The van der Waals surface area contributed by atoms with Crippen LogP contribution in [-0.4, -0.2) is 44.6 Å². The van der Waals surface area contributed by atoms with Gasteiger partial charge in [0.05, 0.1) is 0 Å². The summed E-state index contributed by atoms with van der Waals surface area (Å²) in [5.74, 6) is -0.294. The quantitative estimate of drug-likeness (QED) is 0.633. The van der Waals surface area contributed by atoms with Crippen LogP contribution in [0.25, 0.3) is 0 Å². The Morgan fingerprint density at radius 1 is 1.69 bits per heavy atom. The van der Waals surface area contributed by atoms with Crippen molar-refractivity contribution in [3.63, 3.8) is 0 Å². The van der Waals surface area contributed by atoms with E-state index in [2.05, 4.69) is 0 Å². The zero-order chi connectivity index (χ0) is 10.2. The van der Waals surface area contributed by atoms with Crippen LogP contribution in [0.3, 0.4) is 0 Å². The van der Waals surface area contributed by atoms with Crippen molar-refractivity contribution in [2.24, 2.45) is 0 Å². The largest absolute Gasteiger partial charge is 0.480 e. The van der Waals surface area contributed by atoms with E-state index in [9.17, 15) is 9.82 Å². The van der Waals surface area contributed by atoms with E-state index in [0.29, 0.717) is 5.88 Å². The SMILES string of the molecule is CB(O)N1CSC(C)(C)[C@H]1C(=O)O. The van der Waals surface area contributed by atoms with Crippen molar-refractivity contribution in [2.75, 3.05) is 5.88 Å². The van der Waals surface area contributed by atoms with Crippen molar-refractivity contribution in [3.05, 3.63) is 0 Å². The third-order valence-electron chi connectivity index (χ3n) is 2.29. The highest BCUT2D eigenvalue weighted by molar-refractivity contribution is 8.00. The Kier molecular flexibility index (Phi) is 2.94. The molecular weight excluding hydrogens is 189 g/mol. The number of hydrogen-bond acceptors (Lipinski definition) is 4. The number of carboxylic acids is 1.